The maximum absolute atomic E-state index is 2.44. The summed E-state index contributed by atoms with van der Waals surface area (Å²) in [6.45, 7) is 17.8. The van der Waals surface area contributed by atoms with Crippen molar-refractivity contribution in [1.82, 2.24) is 0 Å². The average molecular weight is 411 g/mol. The second-order valence-electron chi connectivity index (χ2n) is 9.31. The quantitative estimate of drug-likeness (QED) is 0.235. The molecule has 0 aliphatic carbocycles. The molecule has 0 aliphatic rings. The van der Waals surface area contributed by atoms with E-state index in [0.29, 0.717) is 0 Å². The van der Waals surface area contributed by atoms with Crippen molar-refractivity contribution < 1.29 is 0 Å². The second-order valence-corrected chi connectivity index (χ2v) is 9.31. The van der Waals surface area contributed by atoms with Crippen LogP contribution in [0, 0.1) is 0 Å². The van der Waals surface area contributed by atoms with E-state index in [1.807, 2.05) is 0 Å². The summed E-state index contributed by atoms with van der Waals surface area (Å²) in [5.74, 6) is 0. The first kappa shape index (κ1) is 28.4. The molecule has 0 unspecified atom stereocenters. The maximum atomic E-state index is 2.44. The van der Waals surface area contributed by atoms with Crippen LogP contribution in [0.5, 0.6) is 0 Å². The zero-order valence-electron chi connectivity index (χ0n) is 21.5. The average Bonchev–Trinajstić information content (AvgIpc) is 2.67. The van der Waals surface area contributed by atoms with Gasteiger partial charge >= 0.3 is 0 Å². The highest BCUT2D eigenvalue weighted by Crippen LogP contribution is 2.15. The van der Waals surface area contributed by atoms with Crippen LogP contribution in [-0.2, 0) is 0 Å². The molecule has 0 rings (SSSR count). The van der Waals surface area contributed by atoms with E-state index in [2.05, 4.69) is 91.8 Å². The lowest BCUT2D eigenvalue weighted by atomic mass is 10.0. The monoisotopic (exact) mass is 410 g/mol. The summed E-state index contributed by atoms with van der Waals surface area (Å²) < 4.78 is 0. The van der Waals surface area contributed by atoms with Gasteiger partial charge in [-0.1, -0.05) is 69.9 Å². The van der Waals surface area contributed by atoms with Crippen molar-refractivity contribution in [3.63, 3.8) is 0 Å². The number of rotatable bonds is 15. The van der Waals surface area contributed by atoms with Crippen molar-refractivity contribution in [3.8, 4) is 0 Å². The summed E-state index contributed by atoms with van der Waals surface area (Å²) in [4.78, 5) is 0. The number of allylic oxidation sites excluding steroid dienone is 12. The lowest BCUT2D eigenvalue weighted by Crippen LogP contribution is -1.83. The zero-order chi connectivity index (χ0) is 22.8. The molecule has 0 heterocycles. The fraction of sp³-hybridized carbons (Fsp3) is 0.600. The van der Waals surface area contributed by atoms with Gasteiger partial charge in [-0.05, 0) is 120 Å². The van der Waals surface area contributed by atoms with Crippen molar-refractivity contribution in [2.45, 2.75) is 120 Å². The summed E-state index contributed by atoms with van der Waals surface area (Å²) in [6, 6.07) is 0. The zero-order valence-corrected chi connectivity index (χ0v) is 21.5. The fourth-order valence-electron chi connectivity index (χ4n) is 3.33. The highest BCUT2D eigenvalue weighted by atomic mass is 14.0. The Morgan fingerprint density at radius 2 is 0.667 bits per heavy atom. The Kier molecular flexibility index (Phi) is 17.3. The van der Waals surface area contributed by atoms with Gasteiger partial charge in [-0.3, -0.25) is 0 Å². The Bertz CT molecular complexity index is 640. The van der Waals surface area contributed by atoms with Gasteiger partial charge in [-0.25, -0.2) is 0 Å². The first-order valence-corrected chi connectivity index (χ1v) is 12.1. The van der Waals surface area contributed by atoms with Crippen molar-refractivity contribution in [1.29, 1.82) is 0 Å². The molecule has 30 heavy (non-hydrogen) atoms. The molecule has 0 aromatic heterocycles. The Labute approximate surface area is 189 Å². The van der Waals surface area contributed by atoms with Gasteiger partial charge in [-0.2, -0.15) is 0 Å². The third-order valence-electron chi connectivity index (χ3n) is 5.71. The van der Waals surface area contributed by atoms with Crippen molar-refractivity contribution in [2.24, 2.45) is 0 Å². The van der Waals surface area contributed by atoms with E-state index < -0.39 is 0 Å². The van der Waals surface area contributed by atoms with Crippen LogP contribution in [-0.4, -0.2) is 0 Å². The van der Waals surface area contributed by atoms with Crippen LogP contribution in [0.4, 0.5) is 0 Å². The van der Waals surface area contributed by atoms with Crippen molar-refractivity contribution >= 4 is 0 Å². The van der Waals surface area contributed by atoms with E-state index in [-0.39, 0.29) is 0 Å². The lowest BCUT2D eigenvalue weighted by Gasteiger charge is -2.03. The largest absolute Gasteiger partial charge is 0.0887 e. The minimum atomic E-state index is 1.18. The van der Waals surface area contributed by atoms with E-state index in [1.165, 1.54) is 97.6 Å². The predicted octanol–water partition coefficient (Wildman–Crippen LogP) is 10.6. The Balaban J connectivity index is 4.08. The summed E-state index contributed by atoms with van der Waals surface area (Å²) in [7, 11) is 0. The summed E-state index contributed by atoms with van der Waals surface area (Å²) in [5.41, 5.74) is 9.04. The molecule has 0 radical (unpaired) electrons. The lowest BCUT2D eigenvalue weighted by molar-refractivity contribution is 0.886. The molecule has 0 bridgehead atoms. The smallest absolute Gasteiger partial charge is 0.0288 e. The first-order chi connectivity index (χ1) is 14.2. The Morgan fingerprint density at radius 1 is 0.400 bits per heavy atom. The molecule has 0 N–H and O–H groups in total. The molecule has 0 aromatic carbocycles. The SMILES string of the molecule is C/C=C(\C)CC/C=C(\C)CC/C=C(\C)CC/C=C(\C)CC/C=C(\C)CCC=C(C)C. The summed E-state index contributed by atoms with van der Waals surface area (Å²) in [6.07, 6.45) is 26.1. The summed E-state index contributed by atoms with van der Waals surface area (Å²) in [5, 5.41) is 0. The third kappa shape index (κ3) is 18.5. The van der Waals surface area contributed by atoms with Gasteiger partial charge in [0.15, 0.2) is 0 Å². The molecule has 170 valence electrons. The van der Waals surface area contributed by atoms with E-state index in [0.717, 1.165) is 0 Å². The predicted molar refractivity (Wildman–Crippen MR) is 140 cm³/mol. The number of hydrogen-bond donors (Lipinski definition) is 0. The van der Waals surface area contributed by atoms with Crippen LogP contribution in [0.1, 0.15) is 120 Å². The van der Waals surface area contributed by atoms with E-state index in [9.17, 15) is 0 Å². The third-order valence-corrected chi connectivity index (χ3v) is 5.71. The van der Waals surface area contributed by atoms with Gasteiger partial charge in [0.05, 0.1) is 0 Å². The summed E-state index contributed by atoms with van der Waals surface area (Å²) >= 11 is 0. The van der Waals surface area contributed by atoms with E-state index in [1.54, 1.807) is 0 Å². The number of hydrogen-bond acceptors (Lipinski definition) is 0. The molecule has 0 fully saturated rings. The Hall–Kier alpha value is -1.56. The van der Waals surface area contributed by atoms with Gasteiger partial charge in [0.1, 0.15) is 0 Å². The van der Waals surface area contributed by atoms with Gasteiger partial charge in [-0.15, -0.1) is 0 Å². The van der Waals surface area contributed by atoms with Gasteiger partial charge in [0, 0.05) is 0 Å². The first-order valence-electron chi connectivity index (χ1n) is 12.1. The van der Waals surface area contributed by atoms with Crippen LogP contribution < -0.4 is 0 Å². The maximum Gasteiger partial charge on any atom is -0.0288 e. The molecule has 0 aliphatic heterocycles. The van der Waals surface area contributed by atoms with Crippen LogP contribution in [0.25, 0.3) is 0 Å². The fourth-order valence-corrected chi connectivity index (χ4v) is 3.33. The van der Waals surface area contributed by atoms with E-state index in [4.69, 9.17) is 0 Å². The minimum Gasteiger partial charge on any atom is -0.0887 e. The molecule has 0 saturated carbocycles. The van der Waals surface area contributed by atoms with Crippen molar-refractivity contribution in [3.05, 3.63) is 69.9 Å². The van der Waals surface area contributed by atoms with Gasteiger partial charge in [0.2, 0.25) is 0 Å². The normalized spacial score (nSPS) is 14.3. The second kappa shape index (κ2) is 18.2. The highest BCUT2D eigenvalue weighted by molar-refractivity contribution is 5.08. The van der Waals surface area contributed by atoms with Crippen LogP contribution in [0.2, 0.25) is 0 Å². The topological polar surface area (TPSA) is 0 Å². The Morgan fingerprint density at radius 3 is 0.933 bits per heavy atom. The minimum absolute atomic E-state index is 1.18. The van der Waals surface area contributed by atoms with Crippen LogP contribution in [0.3, 0.4) is 0 Å². The molecule has 0 atom stereocenters. The molecule has 0 spiro atoms. The highest BCUT2D eigenvalue weighted by Gasteiger charge is 1.95. The van der Waals surface area contributed by atoms with Gasteiger partial charge in [0.25, 0.3) is 0 Å². The van der Waals surface area contributed by atoms with E-state index >= 15 is 0 Å². The molecule has 0 aromatic rings. The molecule has 0 heteroatoms. The molecular formula is C30H50. The molecule has 0 saturated heterocycles. The molecular weight excluding hydrogens is 360 g/mol. The molecule has 0 nitrogen and oxygen atoms in total. The standard InChI is InChI=1S/C30H50/c1-9-26(4)16-11-18-28(6)20-13-22-30(8)24-14-23-29(7)21-12-19-27(5)17-10-15-25(2)3/h9,15,18-19,22-23H,10-14,16-17,20-21,24H2,1-8H3/b26-9+,27-19+,28-18+,29-23+,30-22+. The van der Waals surface area contributed by atoms with Crippen LogP contribution >= 0.6 is 0 Å². The van der Waals surface area contributed by atoms with Crippen molar-refractivity contribution in [2.75, 3.05) is 0 Å². The van der Waals surface area contributed by atoms with Crippen LogP contribution in [0.15, 0.2) is 69.9 Å². The van der Waals surface area contributed by atoms with Gasteiger partial charge < -0.3 is 0 Å². The molecule has 0 amide bonds.